The van der Waals surface area contributed by atoms with E-state index in [1.165, 1.54) is 0 Å². The summed E-state index contributed by atoms with van der Waals surface area (Å²) in [6.45, 7) is 0. The lowest BCUT2D eigenvalue weighted by Crippen LogP contribution is -2.38. The van der Waals surface area contributed by atoms with Crippen LogP contribution in [-0.4, -0.2) is 33.4 Å². The second-order valence-electron chi connectivity index (χ2n) is 2.20. The molecule has 0 aliphatic carbocycles. The van der Waals surface area contributed by atoms with E-state index in [9.17, 15) is 4.79 Å². The van der Waals surface area contributed by atoms with Gasteiger partial charge in [-0.05, 0) is 0 Å². The quantitative estimate of drug-likeness (QED) is 0.439. The van der Waals surface area contributed by atoms with Crippen molar-refractivity contribution < 1.29 is 24.9 Å². The zero-order valence-corrected chi connectivity index (χ0v) is 5.15. The first kappa shape index (κ1) is 7.46. The predicted molar refractivity (Wildman–Crippen MR) is 28.9 cm³/mol. The number of hydrogen-bond acceptors (Lipinski definition) is 4. The van der Waals surface area contributed by atoms with Crippen LogP contribution >= 0.6 is 0 Å². The van der Waals surface area contributed by atoms with Crippen molar-refractivity contribution in [3.05, 3.63) is 0 Å². The summed E-state index contributed by atoms with van der Waals surface area (Å²) in [5, 5.41) is 25.9. The molecule has 1 saturated heterocycles. The maximum atomic E-state index is 10.2. The number of rotatable bonds is 1. The van der Waals surface area contributed by atoms with Crippen molar-refractivity contribution in [2.24, 2.45) is 0 Å². The highest BCUT2D eigenvalue weighted by atomic mass is 16.7. The van der Waals surface area contributed by atoms with E-state index in [-0.39, 0.29) is 12.8 Å². The van der Waals surface area contributed by atoms with Gasteiger partial charge in [0.25, 0.3) is 5.79 Å². The van der Waals surface area contributed by atoms with Gasteiger partial charge in [0.05, 0.1) is 0 Å². The summed E-state index contributed by atoms with van der Waals surface area (Å²) in [5.74, 6) is -3.62. The van der Waals surface area contributed by atoms with Gasteiger partial charge in [0, 0.05) is 12.8 Å². The third-order valence-corrected chi connectivity index (χ3v) is 1.40. The minimum absolute atomic E-state index is 0.0660. The largest absolute Gasteiger partial charge is 0.477 e. The summed E-state index contributed by atoms with van der Waals surface area (Å²) in [7, 11) is 0. The Balaban J connectivity index is 2.63. The molecule has 0 aromatic rings. The number of hydrogen-bond donors (Lipinski definition) is 3. The van der Waals surface area contributed by atoms with Gasteiger partial charge in [-0.3, -0.25) is 0 Å². The Morgan fingerprint density at radius 1 is 1.70 bits per heavy atom. The second-order valence-corrected chi connectivity index (χ2v) is 2.20. The third-order valence-electron chi connectivity index (χ3n) is 1.40. The minimum atomic E-state index is -2.17. The van der Waals surface area contributed by atoms with Crippen LogP contribution in [0.15, 0.2) is 0 Å². The molecule has 10 heavy (non-hydrogen) atoms. The summed E-state index contributed by atoms with van der Waals surface area (Å²) in [5.41, 5.74) is 0. The molecule has 0 spiro atoms. The Bertz CT molecular complexity index is 156. The fourth-order valence-electron chi connectivity index (χ4n) is 0.819. The van der Waals surface area contributed by atoms with Crippen molar-refractivity contribution in [2.75, 3.05) is 0 Å². The molecule has 3 N–H and O–H groups in total. The molecule has 0 saturated carbocycles. The van der Waals surface area contributed by atoms with Crippen LogP contribution in [0, 0.1) is 0 Å². The SMILES string of the molecule is O=C(O)C1(O)CCC(O)O1. The van der Waals surface area contributed by atoms with Crippen LogP contribution in [0.4, 0.5) is 0 Å². The molecular weight excluding hydrogens is 140 g/mol. The van der Waals surface area contributed by atoms with Gasteiger partial charge in [-0.25, -0.2) is 4.79 Å². The number of carboxylic acids is 1. The standard InChI is InChI=1S/C5H8O5/c6-3-1-2-5(9,10-3)4(7)8/h3,6,9H,1-2H2,(H,7,8). The Labute approximate surface area is 56.9 Å². The molecule has 2 atom stereocenters. The van der Waals surface area contributed by atoms with Crippen LogP contribution in [0.25, 0.3) is 0 Å². The average Bonchev–Trinajstić information content (AvgIpc) is 2.13. The van der Waals surface area contributed by atoms with Gasteiger partial charge in [-0.1, -0.05) is 0 Å². The molecule has 1 aliphatic rings. The lowest BCUT2D eigenvalue weighted by atomic mass is 10.2. The maximum Gasteiger partial charge on any atom is 0.364 e. The topological polar surface area (TPSA) is 87.0 Å². The highest BCUT2D eigenvalue weighted by Gasteiger charge is 2.44. The highest BCUT2D eigenvalue weighted by molar-refractivity contribution is 5.75. The number of ether oxygens (including phenoxy) is 1. The number of aliphatic hydroxyl groups is 2. The summed E-state index contributed by atoms with van der Waals surface area (Å²) in [6.07, 6.45) is -1.06. The monoisotopic (exact) mass is 148 g/mol. The molecule has 0 aromatic heterocycles. The molecule has 1 heterocycles. The summed E-state index contributed by atoms with van der Waals surface area (Å²) in [4.78, 5) is 10.2. The minimum Gasteiger partial charge on any atom is -0.477 e. The van der Waals surface area contributed by atoms with E-state index >= 15 is 0 Å². The zero-order chi connectivity index (χ0) is 7.78. The lowest BCUT2D eigenvalue weighted by Gasteiger charge is -2.15. The molecule has 1 fully saturated rings. The number of carbonyl (C=O) groups is 1. The van der Waals surface area contributed by atoms with Gasteiger partial charge in [0.15, 0.2) is 6.29 Å². The molecule has 0 amide bonds. The van der Waals surface area contributed by atoms with Crippen molar-refractivity contribution in [2.45, 2.75) is 24.9 Å². The molecular formula is C5H8O5. The van der Waals surface area contributed by atoms with Crippen LogP contribution in [0.5, 0.6) is 0 Å². The first-order chi connectivity index (χ1) is 4.54. The van der Waals surface area contributed by atoms with Crippen LogP contribution in [0.1, 0.15) is 12.8 Å². The van der Waals surface area contributed by atoms with E-state index < -0.39 is 18.0 Å². The number of aliphatic hydroxyl groups excluding tert-OH is 1. The molecule has 58 valence electrons. The van der Waals surface area contributed by atoms with Crippen molar-refractivity contribution in [3.63, 3.8) is 0 Å². The molecule has 0 aromatic carbocycles. The van der Waals surface area contributed by atoms with Crippen LogP contribution in [0.2, 0.25) is 0 Å². The van der Waals surface area contributed by atoms with E-state index in [1.54, 1.807) is 0 Å². The second kappa shape index (κ2) is 2.19. The lowest BCUT2D eigenvalue weighted by molar-refractivity contribution is -0.242. The van der Waals surface area contributed by atoms with Crippen LogP contribution in [0.3, 0.4) is 0 Å². The third kappa shape index (κ3) is 1.11. The average molecular weight is 148 g/mol. The summed E-state index contributed by atoms with van der Waals surface area (Å²) >= 11 is 0. The van der Waals surface area contributed by atoms with E-state index in [1.807, 2.05) is 0 Å². The van der Waals surface area contributed by atoms with E-state index in [0.717, 1.165) is 0 Å². The van der Waals surface area contributed by atoms with Crippen LogP contribution < -0.4 is 0 Å². The van der Waals surface area contributed by atoms with Gasteiger partial charge in [0.2, 0.25) is 0 Å². The number of carboxylic acid groups (broad SMARTS) is 1. The van der Waals surface area contributed by atoms with Gasteiger partial charge in [-0.2, -0.15) is 0 Å². The molecule has 5 nitrogen and oxygen atoms in total. The molecule has 1 rings (SSSR count). The van der Waals surface area contributed by atoms with Gasteiger partial charge in [-0.15, -0.1) is 0 Å². The fraction of sp³-hybridized carbons (Fsp3) is 0.800. The molecule has 5 heteroatoms. The summed E-state index contributed by atoms with van der Waals surface area (Å²) in [6, 6.07) is 0. The first-order valence-corrected chi connectivity index (χ1v) is 2.86. The highest BCUT2D eigenvalue weighted by Crippen LogP contribution is 2.26. The van der Waals surface area contributed by atoms with Crippen LogP contribution in [-0.2, 0) is 9.53 Å². The van der Waals surface area contributed by atoms with Gasteiger partial charge in [0.1, 0.15) is 0 Å². The van der Waals surface area contributed by atoms with Crippen molar-refractivity contribution in [3.8, 4) is 0 Å². The Morgan fingerprint density at radius 3 is 2.50 bits per heavy atom. The normalized spacial score (nSPS) is 40.0. The molecule has 0 radical (unpaired) electrons. The summed E-state index contributed by atoms with van der Waals surface area (Å²) < 4.78 is 4.32. The molecule has 2 unspecified atom stereocenters. The Morgan fingerprint density at radius 2 is 2.30 bits per heavy atom. The van der Waals surface area contributed by atoms with Gasteiger partial charge < -0.3 is 20.1 Å². The van der Waals surface area contributed by atoms with E-state index in [0.29, 0.717) is 0 Å². The smallest absolute Gasteiger partial charge is 0.364 e. The van der Waals surface area contributed by atoms with E-state index in [2.05, 4.69) is 4.74 Å². The Hall–Kier alpha value is -0.650. The van der Waals surface area contributed by atoms with Crippen molar-refractivity contribution in [1.29, 1.82) is 0 Å². The predicted octanol–water partition coefficient (Wildman–Crippen LogP) is -1.11. The van der Waals surface area contributed by atoms with E-state index in [4.69, 9.17) is 15.3 Å². The Kier molecular flexibility index (Phi) is 1.63. The van der Waals surface area contributed by atoms with Crippen molar-refractivity contribution in [1.82, 2.24) is 0 Å². The first-order valence-electron chi connectivity index (χ1n) is 2.86. The van der Waals surface area contributed by atoms with Crippen molar-refractivity contribution >= 4 is 5.97 Å². The maximum absolute atomic E-state index is 10.2. The number of aliphatic carboxylic acids is 1. The zero-order valence-electron chi connectivity index (χ0n) is 5.15. The fourth-order valence-corrected chi connectivity index (χ4v) is 0.819. The molecule has 0 bridgehead atoms. The molecule has 1 aliphatic heterocycles. The van der Waals surface area contributed by atoms with Gasteiger partial charge >= 0.3 is 5.97 Å².